The Bertz CT molecular complexity index is 415. The highest BCUT2D eigenvalue weighted by atomic mass is 16.5. The number of ether oxygens (including phenoxy) is 1. The van der Waals surface area contributed by atoms with Gasteiger partial charge in [-0.1, -0.05) is 18.2 Å². The fourth-order valence-corrected chi connectivity index (χ4v) is 2.34. The third kappa shape index (κ3) is 3.68. The minimum absolute atomic E-state index is 0.203. The van der Waals surface area contributed by atoms with Crippen molar-refractivity contribution in [2.75, 3.05) is 13.1 Å². The number of piperidine rings is 1. The summed E-state index contributed by atoms with van der Waals surface area (Å²) in [6.45, 7) is 1.34. The van der Waals surface area contributed by atoms with Crippen molar-refractivity contribution >= 4 is 5.97 Å². The lowest BCUT2D eigenvalue weighted by molar-refractivity contribution is -0.145. The lowest BCUT2D eigenvalue weighted by Gasteiger charge is -2.38. The molecule has 19 heavy (non-hydrogen) atoms. The highest BCUT2D eigenvalue weighted by molar-refractivity contribution is 5.67. The molecule has 5 nitrogen and oxygen atoms in total. The first-order chi connectivity index (χ1) is 9.10. The van der Waals surface area contributed by atoms with Crippen molar-refractivity contribution < 1.29 is 19.7 Å². The molecule has 3 N–H and O–H groups in total. The van der Waals surface area contributed by atoms with Gasteiger partial charge in [-0.3, -0.25) is 4.79 Å². The summed E-state index contributed by atoms with van der Waals surface area (Å²) in [7, 11) is 0. The number of aliphatic carboxylic acids is 1. The highest BCUT2D eigenvalue weighted by Crippen LogP contribution is 2.28. The fourth-order valence-electron chi connectivity index (χ4n) is 2.34. The van der Waals surface area contributed by atoms with Crippen molar-refractivity contribution in [1.29, 1.82) is 0 Å². The van der Waals surface area contributed by atoms with Gasteiger partial charge in [0.05, 0.1) is 6.42 Å². The van der Waals surface area contributed by atoms with Crippen molar-refractivity contribution in [3.8, 4) is 5.75 Å². The largest absolute Gasteiger partial charge is 0.487 e. The number of benzene rings is 1. The van der Waals surface area contributed by atoms with E-state index in [4.69, 9.17) is 9.84 Å². The number of nitrogens with one attached hydrogen (secondary N) is 1. The molecule has 1 aromatic carbocycles. The van der Waals surface area contributed by atoms with Gasteiger partial charge in [0.25, 0.3) is 0 Å². The lowest BCUT2D eigenvalue weighted by Crippen LogP contribution is -2.53. The van der Waals surface area contributed by atoms with E-state index in [-0.39, 0.29) is 6.42 Å². The van der Waals surface area contributed by atoms with E-state index in [1.165, 1.54) is 0 Å². The Morgan fingerprint density at radius 2 is 1.95 bits per heavy atom. The van der Waals surface area contributed by atoms with Crippen molar-refractivity contribution in [3.05, 3.63) is 30.3 Å². The average molecular weight is 265 g/mol. The Balaban J connectivity index is 2.13. The number of para-hydroxylation sites is 1. The van der Waals surface area contributed by atoms with Crippen LogP contribution in [0.25, 0.3) is 0 Å². The molecule has 0 bridgehead atoms. The highest BCUT2D eigenvalue weighted by Gasteiger charge is 2.40. The van der Waals surface area contributed by atoms with Gasteiger partial charge < -0.3 is 20.3 Å². The van der Waals surface area contributed by atoms with Gasteiger partial charge in [-0.25, -0.2) is 0 Å². The first-order valence-electron chi connectivity index (χ1n) is 6.47. The molecule has 2 rings (SSSR count). The Labute approximate surface area is 112 Å². The Hall–Kier alpha value is -1.59. The van der Waals surface area contributed by atoms with Crippen LogP contribution in [-0.4, -0.2) is 41.0 Å². The van der Waals surface area contributed by atoms with Gasteiger partial charge in [0.15, 0.2) is 0 Å². The van der Waals surface area contributed by atoms with Crippen LogP contribution in [0.2, 0.25) is 0 Å². The average Bonchev–Trinajstić information content (AvgIpc) is 2.39. The molecule has 0 amide bonds. The zero-order chi connectivity index (χ0) is 13.7. The predicted octanol–water partition coefficient (Wildman–Crippen LogP) is 1.02. The number of aliphatic hydroxyl groups is 1. The topological polar surface area (TPSA) is 78.8 Å². The minimum atomic E-state index is -1.08. The summed E-state index contributed by atoms with van der Waals surface area (Å²) in [5.74, 6) is -0.381. The van der Waals surface area contributed by atoms with Crippen molar-refractivity contribution in [2.24, 2.45) is 0 Å². The van der Waals surface area contributed by atoms with E-state index in [0.717, 1.165) is 0 Å². The molecule has 1 aliphatic rings. The maximum Gasteiger partial charge on any atom is 0.307 e. The smallest absolute Gasteiger partial charge is 0.307 e. The summed E-state index contributed by atoms with van der Waals surface area (Å²) < 4.78 is 5.71. The quantitative estimate of drug-likeness (QED) is 0.741. The summed E-state index contributed by atoms with van der Waals surface area (Å²) >= 11 is 0. The molecule has 1 saturated heterocycles. The van der Waals surface area contributed by atoms with Gasteiger partial charge in [-0.2, -0.15) is 0 Å². The van der Waals surface area contributed by atoms with E-state index in [1.807, 2.05) is 18.2 Å². The van der Waals surface area contributed by atoms with Gasteiger partial charge in [-0.05, 0) is 38.1 Å². The summed E-state index contributed by atoms with van der Waals surface area (Å²) in [4.78, 5) is 11.0. The Kier molecular flexibility index (Phi) is 4.39. The second-order valence-electron chi connectivity index (χ2n) is 4.87. The molecule has 0 spiro atoms. The molecule has 5 heteroatoms. The second kappa shape index (κ2) is 6.04. The van der Waals surface area contributed by atoms with Crippen LogP contribution >= 0.6 is 0 Å². The zero-order valence-electron chi connectivity index (χ0n) is 10.7. The molecule has 1 unspecified atom stereocenters. The molecule has 1 aliphatic heterocycles. The fraction of sp³-hybridized carbons (Fsp3) is 0.500. The molecular formula is C14H19NO4. The maximum absolute atomic E-state index is 11.0. The zero-order valence-corrected chi connectivity index (χ0v) is 10.7. The summed E-state index contributed by atoms with van der Waals surface area (Å²) in [5.41, 5.74) is -1.08. The minimum Gasteiger partial charge on any atom is -0.487 e. The van der Waals surface area contributed by atoms with E-state index in [2.05, 4.69) is 5.32 Å². The van der Waals surface area contributed by atoms with Gasteiger partial charge in [0, 0.05) is 0 Å². The molecule has 104 valence electrons. The number of carboxylic acid groups (broad SMARTS) is 1. The van der Waals surface area contributed by atoms with Gasteiger partial charge >= 0.3 is 5.97 Å². The number of rotatable bonds is 5. The standard InChI is InChI=1S/C14H19NO4/c16-13(17)10-12(14(18)6-8-15-9-7-14)19-11-4-2-1-3-5-11/h1-5,12,15,18H,6-10H2,(H,16,17). The van der Waals surface area contributed by atoms with E-state index in [1.54, 1.807) is 12.1 Å². The normalized spacial score (nSPS) is 19.6. The number of carbonyl (C=O) groups is 1. The van der Waals surface area contributed by atoms with Crippen LogP contribution in [0, 0.1) is 0 Å². The van der Waals surface area contributed by atoms with Crippen LogP contribution in [0.5, 0.6) is 5.75 Å². The first-order valence-corrected chi connectivity index (χ1v) is 6.47. The van der Waals surface area contributed by atoms with Crippen LogP contribution in [0.4, 0.5) is 0 Å². The third-order valence-corrected chi connectivity index (χ3v) is 3.45. The van der Waals surface area contributed by atoms with E-state index >= 15 is 0 Å². The predicted molar refractivity (Wildman–Crippen MR) is 70.2 cm³/mol. The molecular weight excluding hydrogens is 246 g/mol. The molecule has 0 aliphatic carbocycles. The van der Waals surface area contributed by atoms with E-state index < -0.39 is 17.7 Å². The molecule has 0 radical (unpaired) electrons. The Morgan fingerprint density at radius 3 is 2.53 bits per heavy atom. The second-order valence-corrected chi connectivity index (χ2v) is 4.87. The van der Waals surface area contributed by atoms with Crippen LogP contribution in [0.15, 0.2) is 30.3 Å². The lowest BCUT2D eigenvalue weighted by atomic mass is 9.85. The number of hydrogen-bond donors (Lipinski definition) is 3. The molecule has 0 aromatic heterocycles. The molecule has 1 fully saturated rings. The van der Waals surface area contributed by atoms with Gasteiger partial charge in [-0.15, -0.1) is 0 Å². The van der Waals surface area contributed by atoms with E-state index in [9.17, 15) is 9.90 Å². The third-order valence-electron chi connectivity index (χ3n) is 3.45. The Morgan fingerprint density at radius 1 is 1.32 bits per heavy atom. The van der Waals surface area contributed by atoms with Crippen molar-refractivity contribution in [1.82, 2.24) is 5.32 Å². The maximum atomic E-state index is 11.0. The van der Waals surface area contributed by atoms with Crippen LogP contribution in [0.3, 0.4) is 0 Å². The van der Waals surface area contributed by atoms with Crippen LogP contribution in [0.1, 0.15) is 19.3 Å². The van der Waals surface area contributed by atoms with E-state index in [0.29, 0.717) is 31.7 Å². The van der Waals surface area contributed by atoms with Crippen molar-refractivity contribution in [2.45, 2.75) is 31.0 Å². The first kappa shape index (κ1) is 13.8. The molecule has 0 saturated carbocycles. The number of hydrogen-bond acceptors (Lipinski definition) is 4. The van der Waals surface area contributed by atoms with Crippen molar-refractivity contribution in [3.63, 3.8) is 0 Å². The molecule has 1 aromatic rings. The van der Waals surface area contributed by atoms with Crippen LogP contribution < -0.4 is 10.1 Å². The van der Waals surface area contributed by atoms with Gasteiger partial charge in [0.2, 0.25) is 0 Å². The SMILES string of the molecule is O=C(O)CC(Oc1ccccc1)C1(O)CCNCC1. The van der Waals surface area contributed by atoms with Gasteiger partial charge in [0.1, 0.15) is 17.5 Å². The summed E-state index contributed by atoms with van der Waals surface area (Å²) in [6.07, 6.45) is 0.0653. The van der Waals surface area contributed by atoms with Crippen LogP contribution in [-0.2, 0) is 4.79 Å². The molecule has 1 atom stereocenters. The summed E-state index contributed by atoms with van der Waals surface area (Å²) in [6, 6.07) is 9.02. The summed E-state index contributed by atoms with van der Waals surface area (Å²) in [5, 5.41) is 22.8. The number of carboxylic acids is 1. The molecule has 1 heterocycles. The monoisotopic (exact) mass is 265 g/mol.